The Balaban J connectivity index is 2.31. The van der Waals surface area contributed by atoms with Crippen LogP contribution in [0.25, 0.3) is 0 Å². The highest BCUT2D eigenvalue weighted by Gasteiger charge is 2.20. The van der Waals surface area contributed by atoms with Crippen LogP contribution in [-0.4, -0.2) is 19.6 Å². The van der Waals surface area contributed by atoms with E-state index in [-0.39, 0.29) is 11.8 Å². The molecule has 5 heteroatoms. The Hall–Kier alpha value is -1.34. The van der Waals surface area contributed by atoms with Gasteiger partial charge >= 0.3 is 5.97 Å². The Labute approximate surface area is 138 Å². The third-order valence-electron chi connectivity index (χ3n) is 3.08. The largest absolute Gasteiger partial charge is 0.463 e. The fourth-order valence-corrected chi connectivity index (χ4v) is 2.64. The lowest BCUT2D eigenvalue weighted by Crippen LogP contribution is -2.22. The summed E-state index contributed by atoms with van der Waals surface area (Å²) in [5.74, 6) is 0.477. The van der Waals surface area contributed by atoms with Gasteiger partial charge in [-0.25, -0.2) is 4.79 Å². The van der Waals surface area contributed by atoms with Crippen LogP contribution in [0.4, 0.5) is 0 Å². The normalized spacial score (nSPS) is 12.1. The molecule has 0 bridgehead atoms. The molecule has 0 aliphatic carbocycles. The van der Waals surface area contributed by atoms with Crippen LogP contribution in [0.2, 0.25) is 0 Å². The Bertz CT molecular complexity index is 609. The monoisotopic (exact) mass is 399 g/mol. The van der Waals surface area contributed by atoms with Crippen LogP contribution in [0.1, 0.15) is 41.3 Å². The topological polar surface area (TPSA) is 51.5 Å². The van der Waals surface area contributed by atoms with E-state index >= 15 is 0 Å². The zero-order valence-corrected chi connectivity index (χ0v) is 14.2. The van der Waals surface area contributed by atoms with E-state index < -0.39 is 5.97 Å². The summed E-state index contributed by atoms with van der Waals surface area (Å²) in [6.07, 6.45) is 1.02. The van der Waals surface area contributed by atoms with E-state index in [0.29, 0.717) is 5.76 Å². The van der Waals surface area contributed by atoms with Gasteiger partial charge in [0.15, 0.2) is 0 Å². The number of methoxy groups -OCH3 is 1. The summed E-state index contributed by atoms with van der Waals surface area (Å²) in [5, 5.41) is 3.45. The summed E-state index contributed by atoms with van der Waals surface area (Å²) in [6, 6.07) is 11.6. The highest BCUT2D eigenvalue weighted by Crippen LogP contribution is 2.25. The van der Waals surface area contributed by atoms with Crippen molar-refractivity contribution in [1.82, 2.24) is 5.32 Å². The lowest BCUT2D eigenvalue weighted by molar-refractivity contribution is 0.0562. The molecule has 0 spiro atoms. The molecule has 4 nitrogen and oxygen atoms in total. The van der Waals surface area contributed by atoms with E-state index in [1.165, 1.54) is 7.11 Å². The second kappa shape index (κ2) is 7.61. The van der Waals surface area contributed by atoms with Crippen molar-refractivity contribution in [2.75, 3.05) is 13.7 Å². The van der Waals surface area contributed by atoms with Gasteiger partial charge in [-0.1, -0.05) is 19.1 Å². The first-order valence-electron chi connectivity index (χ1n) is 6.82. The quantitative estimate of drug-likeness (QED) is 0.594. The van der Waals surface area contributed by atoms with Gasteiger partial charge in [-0.05, 0) is 65.4 Å². The molecule has 1 unspecified atom stereocenters. The van der Waals surface area contributed by atoms with Gasteiger partial charge in [-0.2, -0.15) is 0 Å². The number of benzene rings is 1. The molecule has 1 aromatic carbocycles. The molecule has 112 valence electrons. The molecular formula is C16H18INO3. The van der Waals surface area contributed by atoms with Gasteiger partial charge in [0.25, 0.3) is 0 Å². The van der Waals surface area contributed by atoms with Crippen molar-refractivity contribution in [1.29, 1.82) is 0 Å². The molecule has 0 saturated heterocycles. The maximum atomic E-state index is 11.5. The molecule has 0 saturated carbocycles. The standard InChI is InChI=1S/C16H18INO3/c1-3-9-18-15(11-5-4-6-12(17)10-11)13-7-8-14(21-13)16(19)20-2/h4-8,10,15,18H,3,9H2,1-2H3. The van der Waals surface area contributed by atoms with Crippen LogP contribution in [0, 0.1) is 3.57 Å². The van der Waals surface area contributed by atoms with E-state index in [1.807, 2.05) is 18.2 Å². The third-order valence-corrected chi connectivity index (χ3v) is 3.75. The van der Waals surface area contributed by atoms with Crippen LogP contribution in [0.15, 0.2) is 40.8 Å². The number of esters is 1. The van der Waals surface area contributed by atoms with Gasteiger partial charge < -0.3 is 14.5 Å². The van der Waals surface area contributed by atoms with Crippen molar-refractivity contribution in [3.8, 4) is 0 Å². The Morgan fingerprint density at radius 2 is 2.19 bits per heavy atom. The number of carbonyl (C=O) groups excluding carboxylic acids is 1. The van der Waals surface area contributed by atoms with Crippen LogP contribution >= 0.6 is 22.6 Å². The molecule has 1 atom stereocenters. The Morgan fingerprint density at radius 3 is 2.86 bits per heavy atom. The number of hydrogen-bond acceptors (Lipinski definition) is 4. The Kier molecular flexibility index (Phi) is 5.81. The number of ether oxygens (including phenoxy) is 1. The second-order valence-electron chi connectivity index (χ2n) is 4.64. The first-order valence-corrected chi connectivity index (χ1v) is 7.90. The molecule has 0 aliphatic heterocycles. The molecule has 2 rings (SSSR count). The molecule has 0 radical (unpaired) electrons. The SMILES string of the molecule is CCCNC(c1cccc(I)c1)c1ccc(C(=O)OC)o1. The number of halogens is 1. The maximum absolute atomic E-state index is 11.5. The molecule has 21 heavy (non-hydrogen) atoms. The van der Waals surface area contributed by atoms with Crippen LogP contribution < -0.4 is 5.32 Å². The average molecular weight is 399 g/mol. The smallest absolute Gasteiger partial charge is 0.373 e. The fourth-order valence-electron chi connectivity index (χ4n) is 2.08. The van der Waals surface area contributed by atoms with Crippen LogP contribution in [-0.2, 0) is 4.74 Å². The third kappa shape index (κ3) is 4.07. The van der Waals surface area contributed by atoms with Gasteiger partial charge in [0, 0.05) is 3.57 Å². The van der Waals surface area contributed by atoms with E-state index in [9.17, 15) is 4.79 Å². The number of rotatable bonds is 6. The van der Waals surface area contributed by atoms with E-state index in [0.717, 1.165) is 22.1 Å². The summed E-state index contributed by atoms with van der Waals surface area (Å²) in [5.41, 5.74) is 1.11. The van der Waals surface area contributed by atoms with Gasteiger partial charge in [0.1, 0.15) is 5.76 Å². The first kappa shape index (κ1) is 16.0. The van der Waals surface area contributed by atoms with Crippen LogP contribution in [0.3, 0.4) is 0 Å². The molecule has 2 aromatic rings. The highest BCUT2D eigenvalue weighted by atomic mass is 127. The number of carbonyl (C=O) groups is 1. The zero-order chi connectivity index (χ0) is 15.2. The number of hydrogen-bond donors (Lipinski definition) is 1. The minimum Gasteiger partial charge on any atom is -0.463 e. The molecular weight excluding hydrogens is 381 g/mol. The molecule has 0 amide bonds. The summed E-state index contributed by atoms with van der Waals surface area (Å²) in [6.45, 7) is 2.98. The zero-order valence-electron chi connectivity index (χ0n) is 12.1. The van der Waals surface area contributed by atoms with Crippen LogP contribution in [0.5, 0.6) is 0 Å². The lowest BCUT2D eigenvalue weighted by Gasteiger charge is -2.17. The van der Waals surface area contributed by atoms with Crippen molar-refractivity contribution >= 4 is 28.6 Å². The number of furan rings is 1. The maximum Gasteiger partial charge on any atom is 0.373 e. The average Bonchev–Trinajstić information content (AvgIpc) is 2.97. The minimum atomic E-state index is -0.460. The second-order valence-corrected chi connectivity index (χ2v) is 5.88. The summed E-state index contributed by atoms with van der Waals surface area (Å²) in [4.78, 5) is 11.5. The number of nitrogens with one attached hydrogen (secondary N) is 1. The molecule has 1 aromatic heterocycles. The van der Waals surface area contributed by atoms with E-state index in [4.69, 9.17) is 4.42 Å². The summed E-state index contributed by atoms with van der Waals surface area (Å²) < 4.78 is 11.5. The summed E-state index contributed by atoms with van der Waals surface area (Å²) >= 11 is 2.29. The van der Waals surface area contributed by atoms with E-state index in [1.54, 1.807) is 6.07 Å². The minimum absolute atomic E-state index is 0.0712. The lowest BCUT2D eigenvalue weighted by atomic mass is 10.0. The molecule has 1 heterocycles. The highest BCUT2D eigenvalue weighted by molar-refractivity contribution is 14.1. The Morgan fingerprint density at radius 1 is 1.38 bits per heavy atom. The molecule has 0 aliphatic rings. The van der Waals surface area contributed by atoms with Crippen molar-refractivity contribution < 1.29 is 13.9 Å². The van der Waals surface area contributed by atoms with Gasteiger partial charge in [-0.3, -0.25) is 0 Å². The van der Waals surface area contributed by atoms with Gasteiger partial charge in [-0.15, -0.1) is 0 Å². The van der Waals surface area contributed by atoms with Crippen molar-refractivity contribution in [2.45, 2.75) is 19.4 Å². The summed E-state index contributed by atoms with van der Waals surface area (Å²) in [7, 11) is 1.34. The van der Waals surface area contributed by atoms with Crippen molar-refractivity contribution in [2.24, 2.45) is 0 Å². The predicted octanol–water partition coefficient (Wildman–Crippen LogP) is 3.76. The molecule has 1 N–H and O–H groups in total. The van der Waals surface area contributed by atoms with Gasteiger partial charge in [0.2, 0.25) is 5.76 Å². The van der Waals surface area contributed by atoms with E-state index in [2.05, 4.69) is 51.7 Å². The van der Waals surface area contributed by atoms with Crippen molar-refractivity contribution in [3.63, 3.8) is 0 Å². The molecule has 0 fully saturated rings. The van der Waals surface area contributed by atoms with Crippen molar-refractivity contribution in [3.05, 3.63) is 57.1 Å². The first-order chi connectivity index (χ1) is 10.2. The predicted molar refractivity (Wildman–Crippen MR) is 89.3 cm³/mol. The van der Waals surface area contributed by atoms with Gasteiger partial charge in [0.05, 0.1) is 13.2 Å². The fraction of sp³-hybridized carbons (Fsp3) is 0.312.